The SMILES string of the molecule is CNCCNc1ccc(OC)cc1. The minimum atomic E-state index is 0.888. The summed E-state index contributed by atoms with van der Waals surface area (Å²) in [5.74, 6) is 0.888. The van der Waals surface area contributed by atoms with Crippen LogP contribution < -0.4 is 15.4 Å². The zero-order chi connectivity index (χ0) is 9.52. The first-order valence-electron chi connectivity index (χ1n) is 4.39. The highest BCUT2D eigenvalue weighted by Crippen LogP contribution is 2.14. The van der Waals surface area contributed by atoms with E-state index >= 15 is 0 Å². The van der Waals surface area contributed by atoms with Gasteiger partial charge in [0.1, 0.15) is 5.75 Å². The standard InChI is InChI=1S/C10H16N2O/c1-11-7-8-12-9-3-5-10(13-2)6-4-9/h3-6,11-12H,7-8H2,1-2H3. The fourth-order valence-corrected chi connectivity index (χ4v) is 1.04. The predicted molar refractivity (Wildman–Crippen MR) is 55.4 cm³/mol. The van der Waals surface area contributed by atoms with Crippen molar-refractivity contribution in [3.63, 3.8) is 0 Å². The van der Waals surface area contributed by atoms with Crippen LogP contribution in [0.5, 0.6) is 5.75 Å². The Labute approximate surface area is 79.1 Å². The molecule has 2 N–H and O–H groups in total. The molecule has 1 aromatic rings. The van der Waals surface area contributed by atoms with Crippen LogP contribution in [0.4, 0.5) is 5.69 Å². The molecule has 72 valence electrons. The topological polar surface area (TPSA) is 33.3 Å². The summed E-state index contributed by atoms with van der Waals surface area (Å²) >= 11 is 0. The van der Waals surface area contributed by atoms with Crippen LogP contribution in [0.1, 0.15) is 0 Å². The van der Waals surface area contributed by atoms with Gasteiger partial charge < -0.3 is 15.4 Å². The van der Waals surface area contributed by atoms with Crippen LogP contribution in [0.15, 0.2) is 24.3 Å². The van der Waals surface area contributed by atoms with Crippen molar-refractivity contribution in [2.75, 3.05) is 32.6 Å². The molecule has 0 heterocycles. The van der Waals surface area contributed by atoms with Crippen LogP contribution in [0, 0.1) is 0 Å². The van der Waals surface area contributed by atoms with Crippen molar-refractivity contribution in [1.82, 2.24) is 5.32 Å². The molecular weight excluding hydrogens is 164 g/mol. The summed E-state index contributed by atoms with van der Waals surface area (Å²) in [6.07, 6.45) is 0. The van der Waals surface area contributed by atoms with Crippen molar-refractivity contribution >= 4 is 5.69 Å². The molecule has 3 nitrogen and oxygen atoms in total. The van der Waals surface area contributed by atoms with E-state index < -0.39 is 0 Å². The molecule has 0 amide bonds. The molecule has 0 aliphatic carbocycles. The average Bonchev–Trinajstić information content (AvgIpc) is 2.19. The lowest BCUT2D eigenvalue weighted by Crippen LogP contribution is -2.17. The van der Waals surface area contributed by atoms with E-state index in [1.807, 2.05) is 31.3 Å². The van der Waals surface area contributed by atoms with Gasteiger partial charge in [0.05, 0.1) is 7.11 Å². The van der Waals surface area contributed by atoms with E-state index in [0.29, 0.717) is 0 Å². The van der Waals surface area contributed by atoms with Crippen molar-refractivity contribution in [3.05, 3.63) is 24.3 Å². The molecule has 0 bridgehead atoms. The number of nitrogens with one attached hydrogen (secondary N) is 2. The third kappa shape index (κ3) is 3.34. The molecule has 0 aliphatic heterocycles. The van der Waals surface area contributed by atoms with Gasteiger partial charge in [0.15, 0.2) is 0 Å². The molecule has 0 aromatic heterocycles. The van der Waals surface area contributed by atoms with Crippen molar-refractivity contribution in [2.45, 2.75) is 0 Å². The van der Waals surface area contributed by atoms with Gasteiger partial charge >= 0.3 is 0 Å². The summed E-state index contributed by atoms with van der Waals surface area (Å²) in [6.45, 7) is 1.90. The summed E-state index contributed by atoms with van der Waals surface area (Å²) in [5, 5.41) is 6.35. The van der Waals surface area contributed by atoms with Gasteiger partial charge in [-0.15, -0.1) is 0 Å². The number of anilines is 1. The Kier molecular flexibility index (Phi) is 4.12. The summed E-state index contributed by atoms with van der Waals surface area (Å²) < 4.78 is 5.05. The molecule has 13 heavy (non-hydrogen) atoms. The predicted octanol–water partition coefficient (Wildman–Crippen LogP) is 1.33. The molecule has 0 saturated heterocycles. The van der Waals surface area contributed by atoms with Crippen molar-refractivity contribution in [3.8, 4) is 5.75 Å². The minimum Gasteiger partial charge on any atom is -0.497 e. The summed E-state index contributed by atoms with van der Waals surface area (Å²) in [5.41, 5.74) is 1.12. The molecule has 0 spiro atoms. The van der Waals surface area contributed by atoms with Crippen molar-refractivity contribution in [2.24, 2.45) is 0 Å². The largest absolute Gasteiger partial charge is 0.497 e. The minimum absolute atomic E-state index is 0.888. The molecular formula is C10H16N2O. The van der Waals surface area contributed by atoms with Gasteiger partial charge in [-0.3, -0.25) is 0 Å². The normalized spacial score (nSPS) is 9.69. The maximum atomic E-state index is 5.05. The van der Waals surface area contributed by atoms with E-state index in [1.165, 1.54) is 0 Å². The molecule has 0 fully saturated rings. The molecule has 0 radical (unpaired) electrons. The second-order valence-electron chi connectivity index (χ2n) is 2.76. The molecule has 1 aromatic carbocycles. The van der Waals surface area contributed by atoms with Crippen molar-refractivity contribution < 1.29 is 4.74 Å². The second-order valence-corrected chi connectivity index (χ2v) is 2.76. The third-order valence-corrected chi connectivity index (χ3v) is 1.79. The monoisotopic (exact) mass is 180 g/mol. The molecule has 3 heteroatoms. The van der Waals surface area contributed by atoms with Crippen LogP contribution in [0.25, 0.3) is 0 Å². The number of ether oxygens (including phenoxy) is 1. The van der Waals surface area contributed by atoms with Gasteiger partial charge in [0, 0.05) is 18.8 Å². The summed E-state index contributed by atoms with van der Waals surface area (Å²) in [6, 6.07) is 7.91. The van der Waals surface area contributed by atoms with Gasteiger partial charge in [-0.1, -0.05) is 0 Å². The molecule has 1 rings (SSSR count). The van der Waals surface area contributed by atoms with Gasteiger partial charge in [0.25, 0.3) is 0 Å². The van der Waals surface area contributed by atoms with Crippen LogP contribution >= 0.6 is 0 Å². The molecule has 0 aliphatic rings. The van der Waals surface area contributed by atoms with E-state index in [2.05, 4.69) is 10.6 Å². The maximum absolute atomic E-state index is 5.05. The first-order chi connectivity index (χ1) is 6.36. The van der Waals surface area contributed by atoms with Gasteiger partial charge in [-0.2, -0.15) is 0 Å². The first-order valence-corrected chi connectivity index (χ1v) is 4.39. The van der Waals surface area contributed by atoms with E-state index in [4.69, 9.17) is 4.74 Å². The quantitative estimate of drug-likeness (QED) is 0.671. The zero-order valence-corrected chi connectivity index (χ0v) is 8.13. The van der Waals surface area contributed by atoms with E-state index in [0.717, 1.165) is 24.5 Å². The van der Waals surface area contributed by atoms with E-state index in [9.17, 15) is 0 Å². The number of methoxy groups -OCH3 is 1. The number of benzene rings is 1. The Morgan fingerprint density at radius 1 is 1.15 bits per heavy atom. The zero-order valence-electron chi connectivity index (χ0n) is 8.13. The number of likely N-dealkylation sites (N-methyl/N-ethyl adjacent to an activating group) is 1. The fraction of sp³-hybridized carbons (Fsp3) is 0.400. The highest BCUT2D eigenvalue weighted by atomic mass is 16.5. The maximum Gasteiger partial charge on any atom is 0.119 e. The van der Waals surface area contributed by atoms with Gasteiger partial charge in [0.2, 0.25) is 0 Å². The lowest BCUT2D eigenvalue weighted by Gasteiger charge is -2.06. The number of hydrogen-bond acceptors (Lipinski definition) is 3. The number of rotatable bonds is 5. The third-order valence-electron chi connectivity index (χ3n) is 1.79. The molecule has 0 saturated carbocycles. The van der Waals surface area contributed by atoms with E-state index in [1.54, 1.807) is 7.11 Å². The Morgan fingerprint density at radius 3 is 2.38 bits per heavy atom. The van der Waals surface area contributed by atoms with Crippen LogP contribution in [-0.2, 0) is 0 Å². The highest BCUT2D eigenvalue weighted by molar-refractivity contribution is 5.46. The van der Waals surface area contributed by atoms with E-state index in [-0.39, 0.29) is 0 Å². The Hall–Kier alpha value is -1.22. The average molecular weight is 180 g/mol. The Balaban J connectivity index is 2.40. The Bertz CT molecular complexity index is 233. The van der Waals surface area contributed by atoms with Crippen molar-refractivity contribution in [1.29, 1.82) is 0 Å². The number of hydrogen-bond donors (Lipinski definition) is 2. The first kappa shape index (κ1) is 9.86. The lowest BCUT2D eigenvalue weighted by atomic mass is 10.3. The lowest BCUT2D eigenvalue weighted by molar-refractivity contribution is 0.415. The summed E-state index contributed by atoms with van der Waals surface area (Å²) in [7, 11) is 3.61. The van der Waals surface area contributed by atoms with Gasteiger partial charge in [-0.05, 0) is 31.3 Å². The highest BCUT2D eigenvalue weighted by Gasteiger charge is 1.91. The summed E-state index contributed by atoms with van der Waals surface area (Å²) in [4.78, 5) is 0. The molecule has 0 atom stereocenters. The van der Waals surface area contributed by atoms with Gasteiger partial charge in [-0.25, -0.2) is 0 Å². The second kappa shape index (κ2) is 5.43. The van der Waals surface area contributed by atoms with Crippen LogP contribution in [0.3, 0.4) is 0 Å². The molecule has 0 unspecified atom stereocenters. The van der Waals surface area contributed by atoms with Crippen LogP contribution in [0.2, 0.25) is 0 Å². The smallest absolute Gasteiger partial charge is 0.119 e. The van der Waals surface area contributed by atoms with Crippen LogP contribution in [-0.4, -0.2) is 27.2 Å². The Morgan fingerprint density at radius 2 is 1.85 bits per heavy atom. The fourth-order valence-electron chi connectivity index (χ4n) is 1.04.